The molecule has 1 aliphatic rings. The maximum atomic E-state index is 13.3. The minimum atomic E-state index is -4.47. The quantitative estimate of drug-likeness (QED) is 0.339. The van der Waals surface area contributed by atoms with E-state index in [-0.39, 0.29) is 6.09 Å². The van der Waals surface area contributed by atoms with Crippen LogP contribution >= 0.6 is 11.8 Å². The Morgan fingerprint density at radius 3 is 2.61 bits per heavy atom. The van der Waals surface area contributed by atoms with Crippen LogP contribution in [0.1, 0.15) is 12.0 Å². The van der Waals surface area contributed by atoms with Crippen molar-refractivity contribution in [1.29, 1.82) is 0 Å². The summed E-state index contributed by atoms with van der Waals surface area (Å²) in [5.41, 5.74) is 0.247. The normalized spacial score (nSPS) is 13.9. The molecule has 0 atom stereocenters. The Morgan fingerprint density at radius 1 is 1.15 bits per heavy atom. The van der Waals surface area contributed by atoms with Crippen molar-refractivity contribution in [1.82, 2.24) is 19.7 Å². The number of hydrogen-bond donors (Lipinski definition) is 0. The van der Waals surface area contributed by atoms with Gasteiger partial charge in [-0.05, 0) is 48.9 Å². The molecule has 1 aromatic heterocycles. The summed E-state index contributed by atoms with van der Waals surface area (Å²) >= 11 is 1.37. The lowest BCUT2D eigenvalue weighted by Gasteiger charge is -2.14. The fourth-order valence-electron chi connectivity index (χ4n) is 3.39. The Balaban J connectivity index is 1.62. The van der Waals surface area contributed by atoms with Gasteiger partial charge in [-0.15, -0.1) is 10.2 Å². The van der Waals surface area contributed by atoms with Gasteiger partial charge in [0.25, 0.3) is 0 Å². The van der Waals surface area contributed by atoms with E-state index in [1.54, 1.807) is 46.9 Å². The molecule has 0 saturated carbocycles. The zero-order valence-electron chi connectivity index (χ0n) is 17.7. The number of methoxy groups -OCH3 is 1. The molecule has 1 fully saturated rings. The predicted molar refractivity (Wildman–Crippen MR) is 117 cm³/mol. The molecular weight excluding hydrogens is 457 g/mol. The first-order valence-electron chi connectivity index (χ1n) is 10.2. The zero-order valence-corrected chi connectivity index (χ0v) is 18.5. The van der Waals surface area contributed by atoms with Gasteiger partial charge in [-0.2, -0.15) is 13.2 Å². The third-order valence-electron chi connectivity index (χ3n) is 5.06. The molecule has 2 aromatic carbocycles. The van der Waals surface area contributed by atoms with E-state index < -0.39 is 11.7 Å². The molecule has 0 unspecified atom stereocenters. The van der Waals surface area contributed by atoms with Crippen molar-refractivity contribution in [3.8, 4) is 22.8 Å². The van der Waals surface area contributed by atoms with Gasteiger partial charge in [0, 0.05) is 17.9 Å². The second-order valence-electron chi connectivity index (χ2n) is 7.22. The number of amides is 1. The number of rotatable bonds is 8. The molecule has 1 amide bonds. The highest BCUT2D eigenvalue weighted by Crippen LogP contribution is 2.33. The minimum Gasteiger partial charge on any atom is -0.497 e. The number of carbonyl (C=O) groups excluding carboxylic acids is 1. The van der Waals surface area contributed by atoms with E-state index in [0.717, 1.165) is 12.1 Å². The van der Waals surface area contributed by atoms with Crippen molar-refractivity contribution in [3.05, 3.63) is 54.1 Å². The minimum absolute atomic E-state index is 0.311. The Kier molecular flexibility index (Phi) is 6.77. The molecule has 2 heterocycles. The number of hydrogen-bond acceptors (Lipinski definition) is 6. The van der Waals surface area contributed by atoms with E-state index in [9.17, 15) is 18.0 Å². The standard InChI is InChI=1S/C22H21F3N4O3S/c1-31-18-8-6-15(7-9-18)19-26-27-20(33-13-3-10-28-11-12-32-21(28)30)29(19)17-5-2-4-16(14-17)22(23,24)25/h2,4-9,14H,3,10-13H2,1H3. The van der Waals surface area contributed by atoms with Gasteiger partial charge < -0.3 is 14.4 Å². The lowest BCUT2D eigenvalue weighted by Crippen LogP contribution is -2.25. The van der Waals surface area contributed by atoms with Gasteiger partial charge in [0.05, 0.1) is 24.9 Å². The van der Waals surface area contributed by atoms with E-state index in [0.29, 0.717) is 59.9 Å². The summed E-state index contributed by atoms with van der Waals surface area (Å²) in [6.07, 6.45) is -4.12. The predicted octanol–water partition coefficient (Wildman–Crippen LogP) is 4.90. The van der Waals surface area contributed by atoms with Gasteiger partial charge in [-0.3, -0.25) is 4.57 Å². The fourth-order valence-corrected chi connectivity index (χ4v) is 4.27. The summed E-state index contributed by atoms with van der Waals surface area (Å²) in [6.45, 7) is 1.49. The second kappa shape index (κ2) is 9.74. The Labute approximate surface area is 192 Å². The molecule has 33 heavy (non-hydrogen) atoms. The van der Waals surface area contributed by atoms with E-state index >= 15 is 0 Å². The number of cyclic esters (lactones) is 1. The van der Waals surface area contributed by atoms with Crippen LogP contribution in [0.25, 0.3) is 17.1 Å². The maximum absolute atomic E-state index is 13.3. The third-order valence-corrected chi connectivity index (χ3v) is 6.08. The van der Waals surface area contributed by atoms with Crippen LogP contribution in [0, 0.1) is 0 Å². The topological polar surface area (TPSA) is 69.5 Å². The number of aromatic nitrogens is 3. The Morgan fingerprint density at radius 2 is 1.94 bits per heavy atom. The Bertz CT molecular complexity index is 1120. The summed E-state index contributed by atoms with van der Waals surface area (Å²) < 4.78 is 51.7. The van der Waals surface area contributed by atoms with Gasteiger partial charge >= 0.3 is 12.3 Å². The van der Waals surface area contributed by atoms with Crippen molar-refractivity contribution in [3.63, 3.8) is 0 Å². The van der Waals surface area contributed by atoms with Gasteiger partial charge in [-0.1, -0.05) is 17.8 Å². The highest BCUT2D eigenvalue weighted by atomic mass is 32.2. The monoisotopic (exact) mass is 478 g/mol. The number of halogens is 3. The first-order valence-corrected chi connectivity index (χ1v) is 11.2. The average molecular weight is 478 g/mol. The number of thioether (sulfide) groups is 1. The van der Waals surface area contributed by atoms with Crippen molar-refractivity contribution in [2.24, 2.45) is 0 Å². The molecule has 1 aliphatic heterocycles. The molecule has 11 heteroatoms. The molecule has 0 N–H and O–H groups in total. The van der Waals surface area contributed by atoms with Crippen LogP contribution in [0.15, 0.2) is 53.7 Å². The van der Waals surface area contributed by atoms with E-state index in [4.69, 9.17) is 9.47 Å². The molecular formula is C22H21F3N4O3S. The summed E-state index contributed by atoms with van der Waals surface area (Å²) in [4.78, 5) is 13.2. The summed E-state index contributed by atoms with van der Waals surface area (Å²) in [5, 5.41) is 8.97. The molecule has 0 radical (unpaired) electrons. The molecule has 1 saturated heterocycles. The summed E-state index contributed by atoms with van der Waals surface area (Å²) in [6, 6.07) is 12.1. The first kappa shape index (κ1) is 23.0. The largest absolute Gasteiger partial charge is 0.497 e. The molecule has 0 aliphatic carbocycles. The SMILES string of the molecule is COc1ccc(-c2nnc(SCCCN3CCOC3=O)n2-c2cccc(C(F)(F)F)c2)cc1. The smallest absolute Gasteiger partial charge is 0.416 e. The Hall–Kier alpha value is -3.21. The average Bonchev–Trinajstić information content (AvgIpc) is 3.42. The highest BCUT2D eigenvalue weighted by molar-refractivity contribution is 7.99. The lowest BCUT2D eigenvalue weighted by molar-refractivity contribution is -0.137. The van der Waals surface area contributed by atoms with E-state index in [1.165, 1.54) is 17.8 Å². The number of nitrogens with zero attached hydrogens (tertiary/aromatic N) is 4. The first-order chi connectivity index (χ1) is 15.9. The van der Waals surface area contributed by atoms with Gasteiger partial charge in [0.15, 0.2) is 11.0 Å². The molecule has 174 valence electrons. The van der Waals surface area contributed by atoms with Crippen LogP contribution in [0.3, 0.4) is 0 Å². The molecule has 4 rings (SSSR count). The number of alkyl halides is 3. The van der Waals surface area contributed by atoms with E-state index in [2.05, 4.69) is 10.2 Å². The third kappa shape index (κ3) is 5.24. The maximum Gasteiger partial charge on any atom is 0.416 e. The molecule has 0 bridgehead atoms. The second-order valence-corrected chi connectivity index (χ2v) is 8.28. The van der Waals surface area contributed by atoms with Crippen LogP contribution in [0.5, 0.6) is 5.75 Å². The summed E-state index contributed by atoms with van der Waals surface area (Å²) in [7, 11) is 1.55. The number of benzene rings is 2. The summed E-state index contributed by atoms with van der Waals surface area (Å²) in [5.74, 6) is 1.67. The van der Waals surface area contributed by atoms with Crippen LogP contribution < -0.4 is 4.74 Å². The van der Waals surface area contributed by atoms with Crippen LogP contribution in [0.2, 0.25) is 0 Å². The van der Waals surface area contributed by atoms with Crippen LogP contribution in [-0.4, -0.2) is 58.3 Å². The van der Waals surface area contributed by atoms with Crippen molar-refractivity contribution >= 4 is 17.9 Å². The molecule has 0 spiro atoms. The molecule has 3 aromatic rings. The van der Waals surface area contributed by atoms with Gasteiger partial charge in [-0.25, -0.2) is 4.79 Å². The molecule has 7 nitrogen and oxygen atoms in total. The van der Waals surface area contributed by atoms with Crippen LogP contribution in [-0.2, 0) is 10.9 Å². The zero-order chi connectivity index (χ0) is 23.4. The van der Waals surface area contributed by atoms with Crippen molar-refractivity contribution < 1.29 is 27.4 Å². The van der Waals surface area contributed by atoms with Crippen molar-refractivity contribution in [2.75, 3.05) is 32.6 Å². The van der Waals surface area contributed by atoms with Gasteiger partial charge in [0.2, 0.25) is 0 Å². The lowest BCUT2D eigenvalue weighted by atomic mass is 10.1. The highest BCUT2D eigenvalue weighted by Gasteiger charge is 2.31. The van der Waals surface area contributed by atoms with Crippen molar-refractivity contribution in [2.45, 2.75) is 17.8 Å². The van der Waals surface area contributed by atoms with E-state index in [1.807, 2.05) is 0 Å². The number of carbonyl (C=O) groups is 1. The van der Waals surface area contributed by atoms with Gasteiger partial charge in [0.1, 0.15) is 12.4 Å². The van der Waals surface area contributed by atoms with Crippen LogP contribution in [0.4, 0.5) is 18.0 Å². The number of ether oxygens (including phenoxy) is 2. The fraction of sp³-hybridized carbons (Fsp3) is 0.318.